The van der Waals surface area contributed by atoms with Crippen molar-refractivity contribution in [3.63, 3.8) is 0 Å². The van der Waals surface area contributed by atoms with Crippen LogP contribution in [0.2, 0.25) is 0 Å². The topological polar surface area (TPSA) is 12.0 Å². The van der Waals surface area contributed by atoms with Crippen LogP contribution in [0.15, 0.2) is 22.7 Å². The minimum atomic E-state index is 0.235. The normalized spacial score (nSPS) is 23.8. The summed E-state index contributed by atoms with van der Waals surface area (Å²) in [6.45, 7) is 6.79. The van der Waals surface area contributed by atoms with E-state index < -0.39 is 0 Å². The zero-order valence-corrected chi connectivity index (χ0v) is 9.77. The molecule has 0 amide bonds. The molecule has 0 aromatic heterocycles. The van der Waals surface area contributed by atoms with Gasteiger partial charge in [-0.25, -0.2) is 0 Å². The zero-order chi connectivity index (χ0) is 9.64. The summed E-state index contributed by atoms with van der Waals surface area (Å²) >= 11 is 3.51. The van der Waals surface area contributed by atoms with Crippen molar-refractivity contribution in [1.82, 2.24) is 0 Å². The second-order valence-corrected chi connectivity index (χ2v) is 5.19. The first-order valence-electron chi connectivity index (χ1n) is 4.58. The number of halogens is 1. The minimum Gasteiger partial charge on any atom is -0.381 e. The van der Waals surface area contributed by atoms with Crippen LogP contribution >= 0.6 is 15.9 Å². The number of anilines is 1. The van der Waals surface area contributed by atoms with Gasteiger partial charge in [-0.05, 0) is 30.7 Å². The Kier molecular flexibility index (Phi) is 1.91. The van der Waals surface area contributed by atoms with Crippen LogP contribution < -0.4 is 5.32 Å². The summed E-state index contributed by atoms with van der Waals surface area (Å²) in [4.78, 5) is 0. The molecule has 1 atom stereocenters. The highest BCUT2D eigenvalue weighted by Gasteiger charge is 2.36. The lowest BCUT2D eigenvalue weighted by Gasteiger charge is -2.24. The molecule has 1 aliphatic rings. The van der Waals surface area contributed by atoms with Crippen molar-refractivity contribution in [2.45, 2.75) is 32.2 Å². The molecule has 1 N–H and O–H groups in total. The van der Waals surface area contributed by atoms with Gasteiger partial charge in [-0.3, -0.25) is 0 Å². The van der Waals surface area contributed by atoms with E-state index in [1.807, 2.05) is 0 Å². The molecule has 2 rings (SSSR count). The fourth-order valence-corrected chi connectivity index (χ4v) is 2.18. The molecule has 0 spiro atoms. The summed E-state index contributed by atoms with van der Waals surface area (Å²) < 4.78 is 1.16. The Hall–Kier alpha value is -0.500. The molecular weight excluding hydrogens is 226 g/mol. The van der Waals surface area contributed by atoms with Gasteiger partial charge in [0.05, 0.1) is 0 Å². The molecule has 0 saturated heterocycles. The fourth-order valence-electron chi connectivity index (χ4n) is 1.82. The van der Waals surface area contributed by atoms with Gasteiger partial charge in [-0.1, -0.05) is 29.8 Å². The van der Waals surface area contributed by atoms with Crippen molar-refractivity contribution < 1.29 is 0 Å². The van der Waals surface area contributed by atoms with E-state index in [4.69, 9.17) is 0 Å². The number of hydrogen-bond acceptors (Lipinski definition) is 1. The van der Waals surface area contributed by atoms with Crippen molar-refractivity contribution in [2.75, 3.05) is 5.32 Å². The highest BCUT2D eigenvalue weighted by Crippen LogP contribution is 2.41. The maximum atomic E-state index is 3.51. The van der Waals surface area contributed by atoms with E-state index in [1.54, 1.807) is 0 Å². The number of nitrogens with one attached hydrogen (secondary N) is 1. The molecule has 1 aliphatic heterocycles. The third-order valence-electron chi connectivity index (χ3n) is 3.13. The number of benzene rings is 1. The molecule has 1 aromatic carbocycles. The second-order valence-electron chi connectivity index (χ2n) is 4.28. The molecule has 0 fully saturated rings. The lowest BCUT2D eigenvalue weighted by Crippen LogP contribution is -2.29. The average Bonchev–Trinajstić information content (AvgIpc) is 2.27. The van der Waals surface area contributed by atoms with Gasteiger partial charge >= 0.3 is 0 Å². The van der Waals surface area contributed by atoms with Gasteiger partial charge < -0.3 is 5.32 Å². The Morgan fingerprint density at radius 2 is 2.08 bits per heavy atom. The smallest absolute Gasteiger partial charge is 0.0382 e. The predicted molar refractivity (Wildman–Crippen MR) is 60.3 cm³/mol. The van der Waals surface area contributed by atoms with Crippen molar-refractivity contribution in [3.05, 3.63) is 28.2 Å². The number of hydrogen-bond donors (Lipinski definition) is 1. The van der Waals surface area contributed by atoms with Crippen molar-refractivity contribution in [1.29, 1.82) is 0 Å². The van der Waals surface area contributed by atoms with E-state index in [0.29, 0.717) is 6.04 Å². The first-order chi connectivity index (χ1) is 6.01. The van der Waals surface area contributed by atoms with Crippen molar-refractivity contribution in [3.8, 4) is 0 Å². The number of fused-ring (bicyclic) bond motifs is 1. The van der Waals surface area contributed by atoms with Crippen LogP contribution in [0.1, 0.15) is 26.3 Å². The summed E-state index contributed by atoms with van der Waals surface area (Å²) in [5.41, 5.74) is 2.93. The van der Waals surface area contributed by atoms with E-state index in [9.17, 15) is 0 Å². The molecule has 0 radical (unpaired) electrons. The SMILES string of the molecule is CC1Nc2ccc(Br)cc2C1(C)C. The monoisotopic (exact) mass is 239 g/mol. The van der Waals surface area contributed by atoms with Gasteiger partial charge in [0.1, 0.15) is 0 Å². The molecule has 0 bridgehead atoms. The lowest BCUT2D eigenvalue weighted by molar-refractivity contribution is 0.486. The van der Waals surface area contributed by atoms with Crippen LogP contribution in [-0.2, 0) is 5.41 Å². The van der Waals surface area contributed by atoms with Gasteiger partial charge in [0.25, 0.3) is 0 Å². The van der Waals surface area contributed by atoms with Crippen LogP contribution in [0, 0.1) is 0 Å². The molecule has 1 unspecified atom stereocenters. The fraction of sp³-hybridized carbons (Fsp3) is 0.455. The lowest BCUT2D eigenvalue weighted by atomic mass is 9.81. The molecule has 1 heterocycles. The Labute approximate surface area is 87.7 Å². The summed E-state index contributed by atoms with van der Waals surface area (Å²) in [5, 5.41) is 3.49. The van der Waals surface area contributed by atoms with Crippen molar-refractivity contribution >= 4 is 21.6 Å². The Bertz CT molecular complexity index is 344. The molecule has 1 nitrogen and oxygen atoms in total. The van der Waals surface area contributed by atoms with Crippen LogP contribution in [0.5, 0.6) is 0 Å². The zero-order valence-electron chi connectivity index (χ0n) is 8.19. The quantitative estimate of drug-likeness (QED) is 0.731. The Balaban J connectivity index is 2.57. The van der Waals surface area contributed by atoms with Crippen LogP contribution in [0.4, 0.5) is 5.69 Å². The molecule has 13 heavy (non-hydrogen) atoms. The van der Waals surface area contributed by atoms with E-state index in [2.05, 4.69) is 60.2 Å². The Morgan fingerprint density at radius 3 is 2.77 bits per heavy atom. The van der Waals surface area contributed by atoms with Gasteiger partial charge in [-0.2, -0.15) is 0 Å². The summed E-state index contributed by atoms with van der Waals surface area (Å²) in [6, 6.07) is 6.95. The minimum absolute atomic E-state index is 0.235. The standard InChI is InChI=1S/C11H14BrN/c1-7-11(2,3)9-6-8(12)4-5-10(9)13-7/h4-7,13H,1-3H3. The largest absolute Gasteiger partial charge is 0.381 e. The van der Waals surface area contributed by atoms with Crippen LogP contribution in [-0.4, -0.2) is 6.04 Å². The predicted octanol–water partition coefficient (Wildman–Crippen LogP) is 3.54. The molecule has 2 heteroatoms. The summed E-state index contributed by atoms with van der Waals surface area (Å²) in [7, 11) is 0. The maximum absolute atomic E-state index is 3.51. The van der Waals surface area contributed by atoms with E-state index in [-0.39, 0.29) is 5.41 Å². The molecule has 1 aromatic rings. The number of rotatable bonds is 0. The van der Waals surface area contributed by atoms with E-state index in [1.165, 1.54) is 11.3 Å². The first-order valence-corrected chi connectivity index (χ1v) is 5.37. The molecule has 0 saturated carbocycles. The summed E-state index contributed by atoms with van der Waals surface area (Å²) in [6.07, 6.45) is 0. The van der Waals surface area contributed by atoms with Gasteiger partial charge in [0.2, 0.25) is 0 Å². The third-order valence-corrected chi connectivity index (χ3v) is 3.62. The molecular formula is C11H14BrN. The Morgan fingerprint density at radius 1 is 1.38 bits per heavy atom. The second kappa shape index (κ2) is 2.74. The van der Waals surface area contributed by atoms with Gasteiger partial charge in [0, 0.05) is 21.6 Å². The highest BCUT2D eigenvalue weighted by molar-refractivity contribution is 9.10. The van der Waals surface area contributed by atoms with Gasteiger partial charge in [0.15, 0.2) is 0 Å². The molecule has 0 aliphatic carbocycles. The van der Waals surface area contributed by atoms with E-state index >= 15 is 0 Å². The van der Waals surface area contributed by atoms with Crippen LogP contribution in [0.3, 0.4) is 0 Å². The van der Waals surface area contributed by atoms with E-state index in [0.717, 1.165) is 4.47 Å². The highest BCUT2D eigenvalue weighted by atomic mass is 79.9. The molecule has 70 valence electrons. The van der Waals surface area contributed by atoms with Crippen molar-refractivity contribution in [2.24, 2.45) is 0 Å². The van der Waals surface area contributed by atoms with Crippen LogP contribution in [0.25, 0.3) is 0 Å². The average molecular weight is 240 g/mol. The summed E-state index contributed by atoms with van der Waals surface area (Å²) in [5.74, 6) is 0. The maximum Gasteiger partial charge on any atom is 0.0382 e. The third kappa shape index (κ3) is 1.28. The first kappa shape index (κ1) is 9.07. The van der Waals surface area contributed by atoms with Gasteiger partial charge in [-0.15, -0.1) is 0 Å².